The zero-order valence-electron chi connectivity index (χ0n) is 13.5. The van der Waals surface area contributed by atoms with Crippen molar-refractivity contribution in [3.63, 3.8) is 0 Å². The van der Waals surface area contributed by atoms with E-state index in [0.29, 0.717) is 5.75 Å². The van der Waals surface area contributed by atoms with Gasteiger partial charge in [0.2, 0.25) is 0 Å². The maximum Gasteiger partial charge on any atom is 0.265 e. The van der Waals surface area contributed by atoms with Gasteiger partial charge in [-0.05, 0) is 44.0 Å². The molecule has 126 valence electrons. The average molecular weight is 329 g/mol. The summed E-state index contributed by atoms with van der Waals surface area (Å²) in [7, 11) is 0. The summed E-state index contributed by atoms with van der Waals surface area (Å²) in [6, 6.07) is 8.28. The molecule has 0 saturated carbocycles. The van der Waals surface area contributed by atoms with Crippen molar-refractivity contribution >= 4 is 17.3 Å². The van der Waals surface area contributed by atoms with Gasteiger partial charge in [-0.3, -0.25) is 9.78 Å². The Morgan fingerprint density at radius 3 is 2.79 bits per heavy atom. The quantitative estimate of drug-likeness (QED) is 0.915. The number of aromatic nitrogens is 1. The number of nitrogens with zero attached hydrogens (tertiary/aromatic N) is 2. The molecule has 1 aromatic heterocycles. The number of halogens is 1. The van der Waals surface area contributed by atoms with E-state index in [0.717, 1.165) is 31.6 Å². The molecule has 3 rings (SSSR count). The van der Waals surface area contributed by atoms with Crippen molar-refractivity contribution in [3.05, 3.63) is 48.5 Å². The molecule has 1 saturated heterocycles. The van der Waals surface area contributed by atoms with Crippen molar-refractivity contribution in [1.82, 2.24) is 4.98 Å². The van der Waals surface area contributed by atoms with E-state index >= 15 is 0 Å². The molecule has 1 aromatic carbocycles. The van der Waals surface area contributed by atoms with Gasteiger partial charge >= 0.3 is 0 Å². The Morgan fingerprint density at radius 1 is 1.29 bits per heavy atom. The summed E-state index contributed by atoms with van der Waals surface area (Å²) in [4.78, 5) is 18.4. The molecule has 1 fully saturated rings. The van der Waals surface area contributed by atoms with Gasteiger partial charge in [0.25, 0.3) is 5.91 Å². The van der Waals surface area contributed by atoms with Crippen LogP contribution in [0.5, 0.6) is 5.75 Å². The average Bonchev–Trinajstić information content (AvgIpc) is 3.12. The molecule has 1 N–H and O–H groups in total. The summed E-state index contributed by atoms with van der Waals surface area (Å²) >= 11 is 0. The first-order valence-electron chi connectivity index (χ1n) is 8.06. The summed E-state index contributed by atoms with van der Waals surface area (Å²) in [5, 5.41) is 2.67. The summed E-state index contributed by atoms with van der Waals surface area (Å²) in [6.45, 7) is 3.36. The predicted molar refractivity (Wildman–Crippen MR) is 90.8 cm³/mol. The van der Waals surface area contributed by atoms with Crippen molar-refractivity contribution < 1.29 is 13.9 Å². The molecule has 2 aromatic rings. The van der Waals surface area contributed by atoms with Crippen LogP contribution < -0.4 is 15.0 Å². The lowest BCUT2D eigenvalue weighted by Crippen LogP contribution is -2.31. The Kier molecular flexibility index (Phi) is 4.93. The summed E-state index contributed by atoms with van der Waals surface area (Å²) < 4.78 is 19.8. The third-order valence-corrected chi connectivity index (χ3v) is 4.00. The fraction of sp³-hybridized carbons (Fsp3) is 0.333. The molecule has 0 radical (unpaired) electrons. The first kappa shape index (κ1) is 16.2. The fourth-order valence-corrected chi connectivity index (χ4v) is 2.76. The molecule has 0 spiro atoms. The first-order valence-corrected chi connectivity index (χ1v) is 8.06. The lowest BCUT2D eigenvalue weighted by atomic mass is 10.2. The summed E-state index contributed by atoms with van der Waals surface area (Å²) in [5.41, 5.74) is 0.931. The molecular formula is C18H20FN3O2. The van der Waals surface area contributed by atoms with Crippen molar-refractivity contribution in [2.75, 3.05) is 23.3 Å². The van der Waals surface area contributed by atoms with Crippen LogP contribution in [0.15, 0.2) is 42.7 Å². The van der Waals surface area contributed by atoms with Crippen molar-refractivity contribution in [2.45, 2.75) is 25.9 Å². The molecule has 5 nitrogen and oxygen atoms in total. The Morgan fingerprint density at radius 2 is 2.08 bits per heavy atom. The van der Waals surface area contributed by atoms with Crippen molar-refractivity contribution in [1.29, 1.82) is 0 Å². The second kappa shape index (κ2) is 7.29. The van der Waals surface area contributed by atoms with Gasteiger partial charge in [0.1, 0.15) is 17.3 Å². The molecule has 2 heterocycles. The molecule has 1 atom stereocenters. The second-order valence-electron chi connectivity index (χ2n) is 5.77. The number of hydrogen-bond acceptors (Lipinski definition) is 4. The third kappa shape index (κ3) is 3.64. The first-order chi connectivity index (χ1) is 11.6. The lowest BCUT2D eigenvalue weighted by Gasteiger charge is -2.23. The molecule has 1 aliphatic heterocycles. The monoisotopic (exact) mass is 329 g/mol. The molecule has 1 amide bonds. The van der Waals surface area contributed by atoms with E-state index in [1.807, 2.05) is 6.07 Å². The van der Waals surface area contributed by atoms with Gasteiger partial charge in [-0.25, -0.2) is 4.39 Å². The highest BCUT2D eigenvalue weighted by molar-refractivity contribution is 5.97. The van der Waals surface area contributed by atoms with E-state index < -0.39 is 17.8 Å². The molecule has 0 unspecified atom stereocenters. The second-order valence-corrected chi connectivity index (χ2v) is 5.77. The fourth-order valence-electron chi connectivity index (χ4n) is 2.76. The van der Waals surface area contributed by atoms with Crippen LogP contribution >= 0.6 is 0 Å². The van der Waals surface area contributed by atoms with Crippen LogP contribution in [0.25, 0.3) is 0 Å². The highest BCUT2D eigenvalue weighted by Crippen LogP contribution is 2.31. The van der Waals surface area contributed by atoms with E-state index in [1.54, 1.807) is 31.3 Å². The number of anilines is 2. The lowest BCUT2D eigenvalue weighted by molar-refractivity contribution is -0.122. The Bertz CT molecular complexity index is 703. The number of carbonyl (C=O) groups excluding carboxylic acids is 1. The standard InChI is InChI=1S/C18H20FN3O2/c1-13(24-14-6-5-9-20-12-14)18(23)21-17-15(19)7-4-8-16(17)22-10-2-3-11-22/h4-9,12-13H,2-3,10-11H2,1H3,(H,21,23)/t13-/m1/s1. The van der Waals surface area contributed by atoms with E-state index in [9.17, 15) is 9.18 Å². The van der Waals surface area contributed by atoms with Gasteiger partial charge in [0.05, 0.1) is 11.9 Å². The van der Waals surface area contributed by atoms with Gasteiger partial charge in [-0.1, -0.05) is 6.07 Å². The Balaban J connectivity index is 1.74. The molecule has 6 heteroatoms. The largest absolute Gasteiger partial charge is 0.479 e. The number of para-hydroxylation sites is 1. The van der Waals surface area contributed by atoms with E-state index in [2.05, 4.69) is 15.2 Å². The van der Waals surface area contributed by atoms with Gasteiger partial charge < -0.3 is 15.0 Å². The normalized spacial score (nSPS) is 15.2. The minimum absolute atomic E-state index is 0.214. The zero-order valence-corrected chi connectivity index (χ0v) is 13.5. The molecule has 1 aliphatic rings. The Hall–Kier alpha value is -2.63. The maximum atomic E-state index is 14.3. The Labute approximate surface area is 140 Å². The molecule has 0 aliphatic carbocycles. The maximum absolute atomic E-state index is 14.3. The molecular weight excluding hydrogens is 309 g/mol. The number of carbonyl (C=O) groups is 1. The third-order valence-electron chi connectivity index (χ3n) is 4.00. The van der Waals surface area contributed by atoms with Gasteiger partial charge in [-0.2, -0.15) is 0 Å². The van der Waals surface area contributed by atoms with Crippen molar-refractivity contribution in [2.24, 2.45) is 0 Å². The summed E-state index contributed by atoms with van der Waals surface area (Å²) in [5.74, 6) is -0.348. The number of ether oxygens (including phenoxy) is 1. The SMILES string of the molecule is C[C@@H](Oc1cccnc1)C(=O)Nc1c(F)cccc1N1CCCC1. The minimum Gasteiger partial charge on any atom is -0.479 e. The summed E-state index contributed by atoms with van der Waals surface area (Å²) in [6.07, 6.45) is 4.54. The van der Waals surface area contributed by atoms with Crippen LogP contribution in [0.2, 0.25) is 0 Å². The number of pyridine rings is 1. The number of hydrogen-bond donors (Lipinski definition) is 1. The van der Waals surface area contributed by atoms with Crippen LogP contribution in [0.4, 0.5) is 15.8 Å². The van der Waals surface area contributed by atoms with Gasteiger partial charge in [0, 0.05) is 19.3 Å². The van der Waals surface area contributed by atoms with Crippen LogP contribution in [0.1, 0.15) is 19.8 Å². The van der Waals surface area contributed by atoms with Crippen LogP contribution in [-0.4, -0.2) is 30.1 Å². The van der Waals surface area contributed by atoms with E-state index in [-0.39, 0.29) is 5.69 Å². The molecule has 0 bridgehead atoms. The van der Waals surface area contributed by atoms with Gasteiger partial charge in [0.15, 0.2) is 6.10 Å². The van der Waals surface area contributed by atoms with Crippen LogP contribution in [0.3, 0.4) is 0 Å². The topological polar surface area (TPSA) is 54.5 Å². The van der Waals surface area contributed by atoms with Gasteiger partial charge in [-0.15, -0.1) is 0 Å². The minimum atomic E-state index is -0.764. The highest BCUT2D eigenvalue weighted by Gasteiger charge is 2.22. The number of benzene rings is 1. The zero-order chi connectivity index (χ0) is 16.9. The van der Waals surface area contributed by atoms with Crippen LogP contribution in [-0.2, 0) is 4.79 Å². The van der Waals surface area contributed by atoms with E-state index in [1.165, 1.54) is 12.3 Å². The predicted octanol–water partition coefficient (Wildman–Crippen LogP) is 3.23. The van der Waals surface area contributed by atoms with E-state index in [4.69, 9.17) is 4.74 Å². The molecule has 24 heavy (non-hydrogen) atoms. The number of amides is 1. The number of nitrogens with one attached hydrogen (secondary N) is 1. The smallest absolute Gasteiger partial charge is 0.265 e. The number of rotatable bonds is 5. The highest BCUT2D eigenvalue weighted by atomic mass is 19.1. The van der Waals surface area contributed by atoms with Crippen molar-refractivity contribution in [3.8, 4) is 5.75 Å². The van der Waals surface area contributed by atoms with Crippen LogP contribution in [0, 0.1) is 5.82 Å².